The zero-order chi connectivity index (χ0) is 16.0. The number of pyridine rings is 1. The van der Waals surface area contributed by atoms with Gasteiger partial charge in [0.2, 0.25) is 0 Å². The van der Waals surface area contributed by atoms with Gasteiger partial charge in [-0.15, -0.1) is 0 Å². The highest BCUT2D eigenvalue weighted by molar-refractivity contribution is 5.98. The van der Waals surface area contributed by atoms with E-state index in [4.69, 9.17) is 5.73 Å². The highest BCUT2D eigenvalue weighted by Crippen LogP contribution is 2.22. The Balaban J connectivity index is 3.10. The summed E-state index contributed by atoms with van der Waals surface area (Å²) in [5.74, 6) is 0.111. The molecule has 0 spiro atoms. The molecule has 7 heteroatoms. The minimum absolute atomic E-state index is 0.000283. The number of nitrogens with two attached hydrogens (primary N) is 1. The highest BCUT2D eigenvalue weighted by atomic mass is 16.6. The number of nitrogens with zero attached hydrogens (tertiary/aromatic N) is 3. The lowest BCUT2D eigenvalue weighted by Gasteiger charge is -2.25. The Morgan fingerprint density at radius 1 is 1.43 bits per heavy atom. The molecule has 1 amide bonds. The van der Waals surface area contributed by atoms with E-state index in [2.05, 4.69) is 18.8 Å². The fourth-order valence-electron chi connectivity index (χ4n) is 2.17. The average molecular weight is 294 g/mol. The molecule has 0 unspecified atom stereocenters. The van der Waals surface area contributed by atoms with E-state index < -0.39 is 4.92 Å². The van der Waals surface area contributed by atoms with Gasteiger partial charge in [0.25, 0.3) is 11.6 Å². The maximum atomic E-state index is 12.6. The molecule has 0 saturated heterocycles. The summed E-state index contributed by atoms with van der Waals surface area (Å²) in [5, 5.41) is 11.0. The molecule has 0 aliphatic heterocycles. The van der Waals surface area contributed by atoms with Crippen LogP contribution in [0.2, 0.25) is 0 Å². The molecule has 0 atom stereocenters. The fourth-order valence-corrected chi connectivity index (χ4v) is 2.17. The van der Waals surface area contributed by atoms with Gasteiger partial charge in [-0.2, -0.15) is 0 Å². The van der Waals surface area contributed by atoms with Gasteiger partial charge in [-0.25, -0.2) is 4.98 Å². The first-order valence-corrected chi connectivity index (χ1v) is 7.13. The molecule has 21 heavy (non-hydrogen) atoms. The maximum Gasteiger partial charge on any atom is 0.300 e. The van der Waals surface area contributed by atoms with Crippen LogP contribution in [0.25, 0.3) is 0 Å². The van der Waals surface area contributed by atoms with Crippen molar-refractivity contribution >= 4 is 17.4 Å². The smallest absolute Gasteiger partial charge is 0.300 e. The van der Waals surface area contributed by atoms with Crippen molar-refractivity contribution in [3.8, 4) is 0 Å². The molecular weight excluding hydrogens is 272 g/mol. The molecule has 1 aromatic rings. The van der Waals surface area contributed by atoms with Gasteiger partial charge in [-0.1, -0.05) is 26.7 Å². The number of hydrogen-bond acceptors (Lipinski definition) is 5. The number of rotatable bonds is 7. The van der Waals surface area contributed by atoms with Crippen LogP contribution in [0.3, 0.4) is 0 Å². The molecule has 1 rings (SSSR count). The molecule has 2 N–H and O–H groups in total. The Bertz CT molecular complexity index is 515. The molecule has 1 heterocycles. The van der Waals surface area contributed by atoms with E-state index in [9.17, 15) is 14.9 Å². The molecule has 0 fully saturated rings. The third kappa shape index (κ3) is 4.14. The quantitative estimate of drug-likeness (QED) is 0.614. The van der Waals surface area contributed by atoms with Gasteiger partial charge in [-0.05, 0) is 18.9 Å². The third-order valence-corrected chi connectivity index (χ3v) is 3.63. The second-order valence-corrected chi connectivity index (χ2v) is 4.91. The van der Waals surface area contributed by atoms with Gasteiger partial charge in [-0.3, -0.25) is 14.9 Å². The van der Waals surface area contributed by atoms with Gasteiger partial charge >= 0.3 is 0 Å². The maximum absolute atomic E-state index is 12.6. The van der Waals surface area contributed by atoms with Crippen molar-refractivity contribution in [3.63, 3.8) is 0 Å². The molecule has 7 nitrogen and oxygen atoms in total. The number of nitro groups is 1. The first-order chi connectivity index (χ1) is 9.94. The SMILES string of the molecule is CCC(CC)CN(CC)C(=O)c1cc(N)ncc1[N+](=O)[O-]. The van der Waals surface area contributed by atoms with Crippen molar-refractivity contribution < 1.29 is 9.72 Å². The zero-order valence-corrected chi connectivity index (χ0v) is 12.7. The summed E-state index contributed by atoms with van der Waals surface area (Å²) in [6.45, 7) is 7.08. The first-order valence-electron chi connectivity index (χ1n) is 7.13. The van der Waals surface area contributed by atoms with E-state index in [1.54, 1.807) is 4.90 Å². The number of hydrogen-bond donors (Lipinski definition) is 1. The van der Waals surface area contributed by atoms with E-state index in [0.717, 1.165) is 19.0 Å². The number of carbonyl (C=O) groups excluding carboxylic acids is 1. The highest BCUT2D eigenvalue weighted by Gasteiger charge is 2.26. The Labute approximate surface area is 124 Å². The summed E-state index contributed by atoms with van der Waals surface area (Å²) in [7, 11) is 0. The van der Waals surface area contributed by atoms with Crippen molar-refractivity contribution in [2.24, 2.45) is 5.92 Å². The fraction of sp³-hybridized carbons (Fsp3) is 0.571. The lowest BCUT2D eigenvalue weighted by atomic mass is 10.0. The molecule has 1 aromatic heterocycles. The van der Waals surface area contributed by atoms with Crippen molar-refractivity contribution in [1.29, 1.82) is 0 Å². The van der Waals surface area contributed by atoms with E-state index in [-0.39, 0.29) is 23.0 Å². The van der Waals surface area contributed by atoms with Gasteiger partial charge in [0.05, 0.1) is 4.92 Å². The normalized spacial score (nSPS) is 10.7. The molecule has 0 aliphatic rings. The summed E-state index contributed by atoms with van der Waals surface area (Å²) >= 11 is 0. The molecule has 0 bridgehead atoms. The Kier molecular flexibility index (Phi) is 6.08. The number of anilines is 1. The standard InChI is InChI=1S/C14H22N4O3/c1-4-10(5-2)9-17(6-3)14(19)11-7-13(15)16-8-12(11)18(20)21/h7-8,10H,4-6,9H2,1-3H3,(H2,15,16). The zero-order valence-electron chi connectivity index (χ0n) is 12.7. The summed E-state index contributed by atoms with van der Waals surface area (Å²) < 4.78 is 0. The lowest BCUT2D eigenvalue weighted by Crippen LogP contribution is -2.35. The second-order valence-electron chi connectivity index (χ2n) is 4.91. The summed E-state index contributed by atoms with van der Waals surface area (Å²) in [6, 6.07) is 1.27. The van der Waals surface area contributed by atoms with E-state index in [1.807, 2.05) is 6.92 Å². The molecule has 0 aromatic carbocycles. The van der Waals surface area contributed by atoms with Crippen molar-refractivity contribution in [2.75, 3.05) is 18.8 Å². The minimum Gasteiger partial charge on any atom is -0.384 e. The van der Waals surface area contributed by atoms with E-state index in [1.165, 1.54) is 6.07 Å². The van der Waals surface area contributed by atoms with Gasteiger partial charge in [0.1, 0.15) is 17.6 Å². The van der Waals surface area contributed by atoms with Gasteiger partial charge in [0, 0.05) is 13.1 Å². The Morgan fingerprint density at radius 2 is 2.05 bits per heavy atom. The summed E-state index contributed by atoms with van der Waals surface area (Å²) in [6.07, 6.45) is 2.95. The van der Waals surface area contributed by atoms with Crippen molar-refractivity contribution in [3.05, 3.63) is 27.9 Å². The van der Waals surface area contributed by atoms with Crippen molar-refractivity contribution in [2.45, 2.75) is 33.6 Å². The van der Waals surface area contributed by atoms with Crippen LogP contribution in [0, 0.1) is 16.0 Å². The minimum atomic E-state index is -0.607. The van der Waals surface area contributed by atoms with Crippen LogP contribution >= 0.6 is 0 Å². The average Bonchev–Trinajstić information content (AvgIpc) is 2.47. The van der Waals surface area contributed by atoms with Gasteiger partial charge < -0.3 is 10.6 Å². The number of aromatic nitrogens is 1. The number of carbonyl (C=O) groups is 1. The largest absolute Gasteiger partial charge is 0.384 e. The monoisotopic (exact) mass is 294 g/mol. The van der Waals surface area contributed by atoms with E-state index in [0.29, 0.717) is 19.0 Å². The van der Waals surface area contributed by atoms with Crippen LogP contribution in [-0.2, 0) is 0 Å². The predicted octanol–water partition coefficient (Wildman–Crippen LogP) is 2.47. The van der Waals surface area contributed by atoms with Gasteiger partial charge in [0.15, 0.2) is 0 Å². The van der Waals surface area contributed by atoms with Crippen LogP contribution in [0.4, 0.5) is 11.5 Å². The molecular formula is C14H22N4O3. The lowest BCUT2D eigenvalue weighted by molar-refractivity contribution is -0.385. The van der Waals surface area contributed by atoms with E-state index >= 15 is 0 Å². The molecule has 0 radical (unpaired) electrons. The van der Waals surface area contributed by atoms with Crippen LogP contribution in [-0.4, -0.2) is 33.8 Å². The first kappa shape index (κ1) is 16.9. The third-order valence-electron chi connectivity index (χ3n) is 3.63. The molecule has 0 saturated carbocycles. The molecule has 116 valence electrons. The van der Waals surface area contributed by atoms with Crippen LogP contribution in [0.5, 0.6) is 0 Å². The second kappa shape index (κ2) is 7.56. The van der Waals surface area contributed by atoms with Crippen LogP contribution in [0.15, 0.2) is 12.3 Å². The predicted molar refractivity (Wildman–Crippen MR) is 81.0 cm³/mol. The van der Waals surface area contributed by atoms with Crippen LogP contribution < -0.4 is 5.73 Å². The molecule has 0 aliphatic carbocycles. The number of amides is 1. The topological polar surface area (TPSA) is 102 Å². The summed E-state index contributed by atoms with van der Waals surface area (Å²) in [5.41, 5.74) is 5.25. The van der Waals surface area contributed by atoms with Crippen LogP contribution in [0.1, 0.15) is 44.0 Å². The Morgan fingerprint density at radius 3 is 2.52 bits per heavy atom. The summed E-state index contributed by atoms with van der Waals surface area (Å²) in [4.78, 5) is 28.3. The Hall–Kier alpha value is -2.18. The van der Waals surface area contributed by atoms with Crippen molar-refractivity contribution in [1.82, 2.24) is 9.88 Å². The number of nitrogen functional groups attached to an aromatic ring is 1.